The molecule has 35 heavy (non-hydrogen) atoms. The molecule has 1 fully saturated rings. The van der Waals surface area contributed by atoms with Gasteiger partial charge in [-0.25, -0.2) is 4.79 Å². The number of carbonyl (C=O) groups excluding carboxylic acids is 1. The van der Waals surface area contributed by atoms with Crippen LogP contribution in [0.4, 0.5) is 0 Å². The molecule has 0 bridgehead atoms. The van der Waals surface area contributed by atoms with Crippen molar-refractivity contribution >= 4 is 28.9 Å². The number of hydrogen-bond acceptors (Lipinski definition) is 5. The first-order valence-corrected chi connectivity index (χ1v) is 11.5. The minimum atomic E-state index is -0.420. The summed E-state index contributed by atoms with van der Waals surface area (Å²) in [4.78, 5) is 38.3. The molecule has 1 unspecified atom stereocenters. The molecular weight excluding hydrogens is 448 g/mol. The molecule has 1 amide bonds. The number of nitrogens with one attached hydrogen (secondary N) is 3. The van der Waals surface area contributed by atoms with Crippen molar-refractivity contribution < 1.29 is 4.79 Å². The van der Waals surface area contributed by atoms with E-state index in [0.29, 0.717) is 43.0 Å². The Morgan fingerprint density at radius 2 is 2.03 bits per heavy atom. The number of aliphatic imine (C=N–C) groups is 1. The molecule has 0 spiro atoms. The van der Waals surface area contributed by atoms with Gasteiger partial charge in [0.1, 0.15) is 5.65 Å². The van der Waals surface area contributed by atoms with Crippen LogP contribution in [0.2, 0.25) is 0 Å². The monoisotopic (exact) mass is 478 g/mol. The van der Waals surface area contributed by atoms with Crippen LogP contribution in [0, 0.1) is 5.41 Å². The Kier molecular flexibility index (Phi) is 6.99. The van der Waals surface area contributed by atoms with Crippen molar-refractivity contribution in [3.05, 3.63) is 58.3 Å². The highest BCUT2D eigenvalue weighted by molar-refractivity contribution is 5.94. The number of rotatable bonds is 7. The second-order valence-electron chi connectivity index (χ2n) is 8.56. The number of aromatic amines is 1. The molecule has 0 radical (unpaired) electrons. The molecule has 0 saturated carbocycles. The zero-order valence-electron chi connectivity index (χ0n) is 19.3. The molecule has 1 atom stereocenters. The van der Waals surface area contributed by atoms with E-state index in [-0.39, 0.29) is 23.7 Å². The second kappa shape index (κ2) is 10.3. The first kappa shape index (κ1) is 23.8. The van der Waals surface area contributed by atoms with Gasteiger partial charge in [0.2, 0.25) is 0 Å². The number of carbonyl (C=O) groups is 1. The van der Waals surface area contributed by atoms with Gasteiger partial charge in [0.15, 0.2) is 11.9 Å². The summed E-state index contributed by atoms with van der Waals surface area (Å²) >= 11 is 0. The van der Waals surface area contributed by atoms with Gasteiger partial charge in [-0.2, -0.15) is 4.98 Å². The van der Waals surface area contributed by atoms with E-state index in [1.807, 2.05) is 11.0 Å². The fourth-order valence-electron chi connectivity index (χ4n) is 4.23. The molecule has 12 heteroatoms. The lowest BCUT2D eigenvalue weighted by atomic mass is 9.95. The van der Waals surface area contributed by atoms with Gasteiger partial charge in [0.25, 0.3) is 5.91 Å². The normalized spacial score (nSPS) is 15.7. The Morgan fingerprint density at radius 1 is 1.26 bits per heavy atom. The third kappa shape index (κ3) is 5.60. The summed E-state index contributed by atoms with van der Waals surface area (Å²) in [6, 6.07) is 8.75. The fraction of sp³-hybridized carbons (Fsp3) is 0.348. The Balaban J connectivity index is 1.47. The fourth-order valence-corrected chi connectivity index (χ4v) is 4.23. The van der Waals surface area contributed by atoms with E-state index in [9.17, 15) is 9.59 Å². The summed E-state index contributed by atoms with van der Waals surface area (Å²) < 4.78 is 1.46. The predicted molar refractivity (Wildman–Crippen MR) is 135 cm³/mol. The summed E-state index contributed by atoms with van der Waals surface area (Å²) in [7, 11) is 0. The molecule has 3 heterocycles. The molecule has 1 aliphatic heterocycles. The molecule has 0 aliphatic carbocycles. The summed E-state index contributed by atoms with van der Waals surface area (Å²) in [5.41, 5.74) is 18.4. The molecule has 2 aromatic heterocycles. The maximum Gasteiger partial charge on any atom is 0.354 e. The Bertz CT molecular complexity index is 1300. The van der Waals surface area contributed by atoms with Crippen LogP contribution < -0.4 is 28.2 Å². The van der Waals surface area contributed by atoms with Gasteiger partial charge in [0.05, 0.1) is 5.69 Å². The van der Waals surface area contributed by atoms with E-state index in [1.54, 1.807) is 30.5 Å². The van der Waals surface area contributed by atoms with Crippen LogP contribution in [-0.4, -0.2) is 63.4 Å². The number of aromatic nitrogens is 3. The maximum atomic E-state index is 12.7. The number of fused-ring (bicyclic) bond motifs is 1. The van der Waals surface area contributed by atoms with Gasteiger partial charge in [0, 0.05) is 54.9 Å². The summed E-state index contributed by atoms with van der Waals surface area (Å²) in [5, 5.41) is 11.3. The van der Waals surface area contributed by atoms with Crippen molar-refractivity contribution in [2.24, 2.45) is 22.2 Å². The van der Waals surface area contributed by atoms with E-state index in [4.69, 9.17) is 22.6 Å². The second-order valence-corrected chi connectivity index (χ2v) is 8.56. The third-order valence-corrected chi connectivity index (χ3v) is 6.05. The SMILES string of the molecule is N=C(N)N1CCCC(c2cc3cn(-c4ccc(C(=O)NCCCN=C(N)N)cc4)c(=O)nc3[nH]2)C1. The summed E-state index contributed by atoms with van der Waals surface area (Å²) in [6.45, 7) is 2.32. The van der Waals surface area contributed by atoms with Crippen molar-refractivity contribution in [2.75, 3.05) is 26.2 Å². The number of hydrogen-bond donors (Lipinski definition) is 6. The van der Waals surface area contributed by atoms with E-state index in [2.05, 4.69) is 20.3 Å². The molecule has 184 valence electrons. The van der Waals surface area contributed by atoms with Gasteiger partial charge in [-0.05, 0) is 49.6 Å². The van der Waals surface area contributed by atoms with Crippen molar-refractivity contribution in [1.82, 2.24) is 24.8 Å². The molecule has 1 saturated heterocycles. The van der Waals surface area contributed by atoms with E-state index in [0.717, 1.165) is 30.5 Å². The maximum absolute atomic E-state index is 12.7. The number of guanidine groups is 2. The number of nitrogens with zero attached hydrogens (tertiary/aromatic N) is 4. The summed E-state index contributed by atoms with van der Waals surface area (Å²) in [6.07, 6.45) is 4.28. The molecule has 1 aliphatic rings. The number of nitrogens with two attached hydrogens (primary N) is 3. The van der Waals surface area contributed by atoms with Crippen molar-refractivity contribution in [2.45, 2.75) is 25.2 Å². The smallest absolute Gasteiger partial charge is 0.354 e. The standard InChI is InChI=1S/C23H30N10O2/c24-21(25)29-9-2-8-28-20(34)14-4-6-17(7-5-14)33-13-16-11-18(30-19(16)31-23(33)35)15-3-1-10-32(12-15)22(26)27/h4-7,11,13,15H,1-3,8-10,12H2,(H3,26,27)(H,28,34)(H4,24,25,29)(H,30,31,35). The Hall–Kier alpha value is -4.35. The number of amides is 1. The zero-order chi connectivity index (χ0) is 24.9. The topological polar surface area (TPSA) is 197 Å². The first-order valence-electron chi connectivity index (χ1n) is 11.5. The summed E-state index contributed by atoms with van der Waals surface area (Å²) in [5.74, 6) is 0.0678. The first-order chi connectivity index (χ1) is 16.8. The zero-order valence-corrected chi connectivity index (χ0v) is 19.3. The largest absolute Gasteiger partial charge is 0.370 e. The molecule has 4 rings (SSSR count). The molecule has 1 aromatic carbocycles. The van der Waals surface area contributed by atoms with Crippen molar-refractivity contribution in [1.29, 1.82) is 5.41 Å². The van der Waals surface area contributed by atoms with E-state index >= 15 is 0 Å². The van der Waals surface area contributed by atoms with Gasteiger partial charge >= 0.3 is 5.69 Å². The lowest BCUT2D eigenvalue weighted by Crippen LogP contribution is -2.42. The highest BCUT2D eigenvalue weighted by atomic mass is 16.2. The van der Waals surface area contributed by atoms with Gasteiger partial charge < -0.3 is 32.4 Å². The minimum absolute atomic E-state index is 0.0271. The average molecular weight is 479 g/mol. The molecule has 12 nitrogen and oxygen atoms in total. The highest BCUT2D eigenvalue weighted by Gasteiger charge is 2.24. The molecule has 3 aromatic rings. The number of H-pyrrole nitrogens is 1. The van der Waals surface area contributed by atoms with Crippen LogP contribution in [-0.2, 0) is 0 Å². The lowest BCUT2D eigenvalue weighted by Gasteiger charge is -2.32. The van der Waals surface area contributed by atoms with Gasteiger partial charge in [-0.1, -0.05) is 0 Å². The number of likely N-dealkylation sites (tertiary alicyclic amines) is 1. The van der Waals surface area contributed by atoms with Crippen molar-refractivity contribution in [3.63, 3.8) is 0 Å². The van der Waals surface area contributed by atoms with Crippen LogP contribution in [0.3, 0.4) is 0 Å². The average Bonchev–Trinajstić information content (AvgIpc) is 3.26. The number of piperidine rings is 1. The third-order valence-electron chi connectivity index (χ3n) is 6.05. The van der Waals surface area contributed by atoms with E-state index < -0.39 is 5.69 Å². The van der Waals surface area contributed by atoms with Gasteiger partial charge in [-0.15, -0.1) is 0 Å². The molecular formula is C23H30N10O2. The lowest BCUT2D eigenvalue weighted by molar-refractivity contribution is 0.0953. The Morgan fingerprint density at radius 3 is 2.74 bits per heavy atom. The Labute approximate surface area is 201 Å². The van der Waals surface area contributed by atoms with Crippen LogP contribution in [0.15, 0.2) is 46.3 Å². The van der Waals surface area contributed by atoms with E-state index in [1.165, 1.54) is 4.57 Å². The van der Waals surface area contributed by atoms with Crippen LogP contribution in [0.1, 0.15) is 41.2 Å². The van der Waals surface area contributed by atoms with Crippen LogP contribution >= 0.6 is 0 Å². The highest BCUT2D eigenvalue weighted by Crippen LogP contribution is 2.28. The van der Waals surface area contributed by atoms with Crippen LogP contribution in [0.25, 0.3) is 16.7 Å². The van der Waals surface area contributed by atoms with Crippen molar-refractivity contribution in [3.8, 4) is 5.69 Å². The quantitative estimate of drug-likeness (QED) is 0.158. The van der Waals surface area contributed by atoms with Gasteiger partial charge in [-0.3, -0.25) is 19.8 Å². The molecule has 9 N–H and O–H groups in total. The minimum Gasteiger partial charge on any atom is -0.370 e. The predicted octanol–water partition coefficient (Wildman–Crippen LogP) is 0.180. The van der Waals surface area contributed by atoms with Crippen LogP contribution in [0.5, 0.6) is 0 Å². The number of benzene rings is 1.